The van der Waals surface area contributed by atoms with Crippen LogP contribution in [0.5, 0.6) is 0 Å². The molecule has 1 rings (SSSR count). The third-order valence-corrected chi connectivity index (χ3v) is 3.22. The van der Waals surface area contributed by atoms with Crippen molar-refractivity contribution in [3.05, 3.63) is 34.3 Å². The van der Waals surface area contributed by atoms with Crippen molar-refractivity contribution < 1.29 is 9.59 Å². The molecule has 0 fully saturated rings. The van der Waals surface area contributed by atoms with Crippen LogP contribution in [0.1, 0.15) is 18.9 Å². The van der Waals surface area contributed by atoms with E-state index in [4.69, 9.17) is 5.73 Å². The number of nitrogens with one attached hydrogen (secondary N) is 1. The maximum absolute atomic E-state index is 12.1. The minimum Gasteiger partial charge on any atom is -0.368 e. The van der Waals surface area contributed by atoms with Crippen LogP contribution in [0.4, 0.5) is 0 Å². The Morgan fingerprint density at radius 2 is 1.95 bits per heavy atom. The molecule has 20 heavy (non-hydrogen) atoms. The van der Waals surface area contributed by atoms with Gasteiger partial charge in [-0.15, -0.1) is 0 Å². The molecule has 0 aliphatic heterocycles. The van der Waals surface area contributed by atoms with Gasteiger partial charge in [0.25, 0.3) is 0 Å². The lowest BCUT2D eigenvalue weighted by molar-refractivity contribution is -0.135. The van der Waals surface area contributed by atoms with Crippen molar-refractivity contribution in [3.63, 3.8) is 0 Å². The summed E-state index contributed by atoms with van der Waals surface area (Å²) in [7, 11) is 0. The summed E-state index contributed by atoms with van der Waals surface area (Å²) in [6.07, 6.45) is 0.954. The number of hydrogen-bond donors (Lipinski definition) is 2. The Hall–Kier alpha value is -1.40. The summed E-state index contributed by atoms with van der Waals surface area (Å²) in [5.74, 6) is -0.633. The van der Waals surface area contributed by atoms with Crippen molar-refractivity contribution in [1.82, 2.24) is 10.2 Å². The Kier molecular flexibility index (Phi) is 7.25. The van der Waals surface area contributed by atoms with Crippen LogP contribution < -0.4 is 11.1 Å². The Labute approximate surface area is 127 Å². The van der Waals surface area contributed by atoms with E-state index in [0.717, 1.165) is 23.0 Å². The Balaban J connectivity index is 2.65. The summed E-state index contributed by atoms with van der Waals surface area (Å²) in [5, 5.41) is 3.03. The van der Waals surface area contributed by atoms with Gasteiger partial charge in [-0.25, -0.2) is 0 Å². The van der Waals surface area contributed by atoms with Gasteiger partial charge in [-0.3, -0.25) is 9.59 Å². The average molecular weight is 342 g/mol. The highest BCUT2D eigenvalue weighted by atomic mass is 79.9. The van der Waals surface area contributed by atoms with Gasteiger partial charge >= 0.3 is 0 Å². The molecule has 0 aliphatic rings. The summed E-state index contributed by atoms with van der Waals surface area (Å²) < 4.78 is 0.971. The first kappa shape index (κ1) is 16.7. The quantitative estimate of drug-likeness (QED) is 0.699. The van der Waals surface area contributed by atoms with Gasteiger partial charge in [0.15, 0.2) is 0 Å². The minimum absolute atomic E-state index is 0.0668. The number of carbonyl (C=O) groups is 2. The molecule has 0 atom stereocenters. The van der Waals surface area contributed by atoms with Gasteiger partial charge in [0, 0.05) is 11.0 Å². The molecule has 1 aromatic rings. The number of benzene rings is 1. The van der Waals surface area contributed by atoms with Crippen molar-refractivity contribution >= 4 is 27.7 Å². The largest absolute Gasteiger partial charge is 0.368 e. The van der Waals surface area contributed by atoms with Crippen LogP contribution in [0.25, 0.3) is 0 Å². The number of halogens is 1. The minimum atomic E-state index is -0.508. The molecule has 0 heterocycles. The Morgan fingerprint density at radius 1 is 1.30 bits per heavy atom. The molecule has 0 aromatic heterocycles. The second-order valence-electron chi connectivity index (χ2n) is 4.52. The number of hydrogen-bond acceptors (Lipinski definition) is 3. The fraction of sp³-hybridized carbons (Fsp3) is 0.429. The number of amides is 2. The van der Waals surface area contributed by atoms with Crippen molar-refractivity contribution in [2.45, 2.75) is 19.9 Å². The molecule has 1 aromatic carbocycles. The predicted molar refractivity (Wildman–Crippen MR) is 81.9 cm³/mol. The molecule has 0 saturated carbocycles. The molecular formula is C14H20BrN3O2. The lowest BCUT2D eigenvalue weighted by Crippen LogP contribution is -2.42. The van der Waals surface area contributed by atoms with E-state index in [1.807, 2.05) is 31.2 Å². The molecule has 0 saturated heterocycles. The van der Waals surface area contributed by atoms with Crippen LogP contribution in [0, 0.1) is 0 Å². The molecular weight excluding hydrogens is 322 g/mol. The predicted octanol–water partition coefficient (Wildman–Crippen LogP) is 1.26. The SMILES string of the molecule is CCCNCC(=O)N(CC(N)=O)Cc1ccc(Br)cc1. The molecule has 0 bridgehead atoms. The van der Waals surface area contributed by atoms with Gasteiger partial charge in [0.05, 0.1) is 13.1 Å². The van der Waals surface area contributed by atoms with E-state index in [2.05, 4.69) is 21.2 Å². The molecule has 6 heteroatoms. The first-order chi connectivity index (χ1) is 9.52. The van der Waals surface area contributed by atoms with E-state index in [9.17, 15) is 9.59 Å². The summed E-state index contributed by atoms with van der Waals surface area (Å²) in [4.78, 5) is 24.6. The maximum Gasteiger partial charge on any atom is 0.237 e. The number of nitrogens with two attached hydrogens (primary N) is 1. The van der Waals surface area contributed by atoms with E-state index in [1.165, 1.54) is 4.90 Å². The smallest absolute Gasteiger partial charge is 0.237 e. The zero-order chi connectivity index (χ0) is 15.0. The monoisotopic (exact) mass is 341 g/mol. The van der Waals surface area contributed by atoms with Crippen LogP contribution in [-0.4, -0.2) is 36.3 Å². The number of carbonyl (C=O) groups excluding carboxylic acids is 2. The highest BCUT2D eigenvalue weighted by Gasteiger charge is 2.15. The van der Waals surface area contributed by atoms with Gasteiger partial charge in [0.1, 0.15) is 0 Å². The van der Waals surface area contributed by atoms with Crippen molar-refractivity contribution in [2.75, 3.05) is 19.6 Å². The summed E-state index contributed by atoms with van der Waals surface area (Å²) >= 11 is 3.36. The van der Waals surface area contributed by atoms with Gasteiger partial charge < -0.3 is 16.0 Å². The fourth-order valence-corrected chi connectivity index (χ4v) is 1.98. The molecule has 110 valence electrons. The average Bonchev–Trinajstić information content (AvgIpc) is 2.40. The van der Waals surface area contributed by atoms with E-state index >= 15 is 0 Å². The van der Waals surface area contributed by atoms with E-state index in [1.54, 1.807) is 0 Å². The van der Waals surface area contributed by atoms with E-state index in [0.29, 0.717) is 6.54 Å². The third kappa shape index (κ3) is 6.16. The van der Waals surface area contributed by atoms with Crippen molar-refractivity contribution in [1.29, 1.82) is 0 Å². The highest BCUT2D eigenvalue weighted by molar-refractivity contribution is 9.10. The molecule has 2 amide bonds. The second-order valence-corrected chi connectivity index (χ2v) is 5.44. The first-order valence-electron chi connectivity index (χ1n) is 6.54. The lowest BCUT2D eigenvalue weighted by atomic mass is 10.2. The Morgan fingerprint density at radius 3 is 2.50 bits per heavy atom. The zero-order valence-electron chi connectivity index (χ0n) is 11.6. The van der Waals surface area contributed by atoms with Crippen LogP contribution in [0.3, 0.4) is 0 Å². The number of rotatable bonds is 8. The van der Waals surface area contributed by atoms with Crippen molar-refractivity contribution in [2.24, 2.45) is 5.73 Å². The van der Waals surface area contributed by atoms with Crippen LogP contribution in [0.2, 0.25) is 0 Å². The van der Waals surface area contributed by atoms with Crippen LogP contribution in [0.15, 0.2) is 28.7 Å². The van der Waals surface area contributed by atoms with Crippen LogP contribution in [-0.2, 0) is 16.1 Å². The topological polar surface area (TPSA) is 75.4 Å². The van der Waals surface area contributed by atoms with E-state index < -0.39 is 5.91 Å². The number of primary amides is 1. The van der Waals surface area contributed by atoms with Gasteiger partial charge in [-0.05, 0) is 30.7 Å². The summed E-state index contributed by atoms with van der Waals surface area (Å²) in [6.45, 7) is 3.33. The zero-order valence-corrected chi connectivity index (χ0v) is 13.1. The normalized spacial score (nSPS) is 10.3. The molecule has 0 radical (unpaired) electrons. The van der Waals surface area contributed by atoms with Crippen LogP contribution >= 0.6 is 15.9 Å². The van der Waals surface area contributed by atoms with E-state index in [-0.39, 0.29) is 19.0 Å². The first-order valence-corrected chi connectivity index (χ1v) is 7.33. The third-order valence-electron chi connectivity index (χ3n) is 2.69. The lowest BCUT2D eigenvalue weighted by Gasteiger charge is -2.21. The molecule has 0 aliphatic carbocycles. The molecule has 5 nitrogen and oxygen atoms in total. The molecule has 0 spiro atoms. The summed E-state index contributed by atoms with van der Waals surface area (Å²) in [6, 6.07) is 7.62. The molecule has 3 N–H and O–H groups in total. The highest BCUT2D eigenvalue weighted by Crippen LogP contribution is 2.12. The van der Waals surface area contributed by atoms with Gasteiger partial charge in [0.2, 0.25) is 11.8 Å². The standard InChI is InChI=1S/C14H20BrN3O2/c1-2-7-17-8-14(20)18(10-13(16)19)9-11-3-5-12(15)6-4-11/h3-6,17H,2,7-10H2,1H3,(H2,16,19). The number of nitrogens with zero attached hydrogens (tertiary/aromatic N) is 1. The Bertz CT molecular complexity index is 448. The maximum atomic E-state index is 12.1. The van der Waals surface area contributed by atoms with Crippen molar-refractivity contribution in [3.8, 4) is 0 Å². The van der Waals surface area contributed by atoms with Gasteiger partial charge in [-0.1, -0.05) is 35.0 Å². The fourth-order valence-electron chi connectivity index (χ4n) is 1.71. The van der Waals surface area contributed by atoms with Gasteiger partial charge in [-0.2, -0.15) is 0 Å². The second kappa shape index (κ2) is 8.71. The molecule has 0 unspecified atom stereocenters. The summed E-state index contributed by atoms with van der Waals surface area (Å²) in [5.41, 5.74) is 6.16.